The molecule has 8 nitrogen and oxygen atoms in total. The van der Waals surface area contributed by atoms with Gasteiger partial charge in [-0.25, -0.2) is 18.4 Å². The summed E-state index contributed by atoms with van der Waals surface area (Å²) < 4.78 is 31.9. The van der Waals surface area contributed by atoms with Crippen molar-refractivity contribution in [3.05, 3.63) is 81.1 Å². The normalized spacial score (nSPS) is 10.6. The van der Waals surface area contributed by atoms with Gasteiger partial charge in [0.1, 0.15) is 29.3 Å². The average molecular weight is 416 g/mol. The van der Waals surface area contributed by atoms with E-state index in [1.54, 1.807) is 6.07 Å². The van der Waals surface area contributed by atoms with Crippen molar-refractivity contribution in [2.75, 3.05) is 5.73 Å². The molecule has 0 spiro atoms. The summed E-state index contributed by atoms with van der Waals surface area (Å²) in [5, 5.41) is 19.1. The molecule has 0 fully saturated rings. The minimum absolute atomic E-state index is 0.00829. The van der Waals surface area contributed by atoms with Gasteiger partial charge in [0, 0.05) is 11.6 Å². The van der Waals surface area contributed by atoms with Gasteiger partial charge in [0.05, 0.1) is 0 Å². The summed E-state index contributed by atoms with van der Waals surface area (Å²) in [6.45, 7) is -0.258. The van der Waals surface area contributed by atoms with Crippen LogP contribution < -0.4 is 16.0 Å². The molecule has 0 saturated carbocycles. The first-order valence-electron chi connectivity index (χ1n) is 8.39. The van der Waals surface area contributed by atoms with Crippen molar-refractivity contribution in [3.8, 4) is 16.9 Å². The van der Waals surface area contributed by atoms with Crippen LogP contribution in [0.1, 0.15) is 26.3 Å². The first kappa shape index (κ1) is 20.5. The van der Waals surface area contributed by atoms with Crippen LogP contribution >= 0.6 is 0 Å². The number of pyridine rings is 1. The topological polar surface area (TPSA) is 143 Å². The van der Waals surface area contributed by atoms with Crippen LogP contribution in [-0.2, 0) is 6.61 Å². The molecular weight excluding hydrogens is 402 g/mol. The summed E-state index contributed by atoms with van der Waals surface area (Å²) in [6.07, 6.45) is 0. The van der Waals surface area contributed by atoms with E-state index in [2.05, 4.69) is 0 Å². The number of aromatic carboxylic acids is 2. The van der Waals surface area contributed by atoms with E-state index in [4.69, 9.17) is 10.5 Å². The molecule has 0 saturated heterocycles. The molecule has 1 heterocycles. The number of benzene rings is 2. The molecule has 1 aromatic heterocycles. The number of carboxylic acid groups (broad SMARTS) is 2. The number of nitrogen functional groups attached to an aromatic ring is 1. The molecule has 3 aromatic rings. The number of aromatic nitrogens is 1. The third kappa shape index (κ3) is 3.83. The minimum atomic E-state index is -1.65. The Morgan fingerprint density at radius 1 is 1.00 bits per heavy atom. The van der Waals surface area contributed by atoms with Crippen LogP contribution in [0.25, 0.3) is 11.1 Å². The molecule has 0 aliphatic heterocycles. The van der Waals surface area contributed by atoms with Crippen LogP contribution in [0.5, 0.6) is 5.75 Å². The maximum absolute atomic E-state index is 13.4. The summed E-state index contributed by atoms with van der Waals surface area (Å²) in [5.41, 5.74) is 3.15. The van der Waals surface area contributed by atoms with Crippen LogP contribution in [0, 0.1) is 11.6 Å². The Morgan fingerprint density at radius 3 is 2.30 bits per heavy atom. The molecule has 30 heavy (non-hydrogen) atoms. The second kappa shape index (κ2) is 8.03. The van der Waals surface area contributed by atoms with Crippen molar-refractivity contribution < 1.29 is 33.3 Å². The number of ether oxygens (including phenoxy) is 1. The fraction of sp³-hybridized carbons (Fsp3) is 0.0500. The molecular formula is C20H14F2N2O6. The molecule has 10 heteroatoms. The van der Waals surface area contributed by atoms with Gasteiger partial charge >= 0.3 is 11.9 Å². The van der Waals surface area contributed by atoms with Crippen molar-refractivity contribution >= 4 is 17.8 Å². The SMILES string of the molecule is Nc1[nH]c(=O)c(C(=O)O)c(-c2ccccc2COc2ccc(F)c(F)c2)c1C(=O)O. The lowest BCUT2D eigenvalue weighted by Crippen LogP contribution is -2.24. The maximum Gasteiger partial charge on any atom is 0.342 e. The van der Waals surface area contributed by atoms with Gasteiger partial charge < -0.3 is 25.7 Å². The van der Waals surface area contributed by atoms with Crippen LogP contribution in [0.15, 0.2) is 47.3 Å². The zero-order valence-electron chi connectivity index (χ0n) is 15.1. The summed E-state index contributed by atoms with van der Waals surface area (Å²) >= 11 is 0. The van der Waals surface area contributed by atoms with E-state index in [0.29, 0.717) is 0 Å². The van der Waals surface area contributed by atoms with E-state index in [1.807, 2.05) is 4.98 Å². The van der Waals surface area contributed by atoms with Crippen LogP contribution in [0.2, 0.25) is 0 Å². The number of halogens is 2. The zero-order valence-corrected chi connectivity index (χ0v) is 15.1. The Kier molecular flexibility index (Phi) is 5.50. The van der Waals surface area contributed by atoms with Crippen molar-refractivity contribution in [1.82, 2.24) is 4.98 Å². The number of H-pyrrole nitrogens is 1. The average Bonchev–Trinajstić information content (AvgIpc) is 2.67. The van der Waals surface area contributed by atoms with E-state index in [9.17, 15) is 33.4 Å². The number of hydrogen-bond donors (Lipinski definition) is 4. The number of rotatable bonds is 6. The van der Waals surface area contributed by atoms with Crippen molar-refractivity contribution in [2.45, 2.75) is 6.61 Å². The molecule has 154 valence electrons. The monoisotopic (exact) mass is 416 g/mol. The highest BCUT2D eigenvalue weighted by atomic mass is 19.2. The molecule has 0 radical (unpaired) electrons. The van der Waals surface area contributed by atoms with Gasteiger partial charge in [-0.3, -0.25) is 4.79 Å². The van der Waals surface area contributed by atoms with Crippen LogP contribution in [0.3, 0.4) is 0 Å². The second-order valence-electron chi connectivity index (χ2n) is 6.12. The molecule has 0 bridgehead atoms. The van der Waals surface area contributed by atoms with E-state index in [1.165, 1.54) is 24.3 Å². The number of nitrogens with two attached hydrogens (primary N) is 1. The quantitative estimate of drug-likeness (QED) is 0.484. The van der Waals surface area contributed by atoms with Crippen LogP contribution in [-0.4, -0.2) is 27.1 Å². The lowest BCUT2D eigenvalue weighted by atomic mass is 9.92. The number of aromatic amines is 1. The Morgan fingerprint density at radius 2 is 1.67 bits per heavy atom. The molecule has 3 rings (SSSR count). The van der Waals surface area contributed by atoms with E-state index < -0.39 is 46.1 Å². The Labute approximate surface area is 167 Å². The largest absolute Gasteiger partial charge is 0.489 e. The molecule has 0 amide bonds. The van der Waals surface area contributed by atoms with Crippen molar-refractivity contribution in [3.63, 3.8) is 0 Å². The van der Waals surface area contributed by atoms with E-state index >= 15 is 0 Å². The lowest BCUT2D eigenvalue weighted by Gasteiger charge is -2.16. The highest BCUT2D eigenvalue weighted by molar-refractivity contribution is 6.07. The van der Waals surface area contributed by atoms with Crippen molar-refractivity contribution in [1.29, 1.82) is 0 Å². The highest BCUT2D eigenvalue weighted by Crippen LogP contribution is 2.32. The van der Waals surface area contributed by atoms with E-state index in [0.717, 1.165) is 12.1 Å². The molecule has 0 aliphatic rings. The first-order chi connectivity index (χ1) is 14.2. The number of nitrogens with one attached hydrogen (secondary N) is 1. The summed E-state index contributed by atoms with van der Waals surface area (Å²) in [4.78, 5) is 37.7. The zero-order chi connectivity index (χ0) is 22.0. The summed E-state index contributed by atoms with van der Waals surface area (Å²) in [7, 11) is 0. The van der Waals surface area contributed by atoms with Gasteiger partial charge in [-0.05, 0) is 23.3 Å². The highest BCUT2D eigenvalue weighted by Gasteiger charge is 2.27. The first-order valence-corrected chi connectivity index (χ1v) is 8.39. The molecule has 0 atom stereocenters. The standard InChI is InChI=1S/C20H14F2N2O6/c21-12-6-5-10(7-13(12)22)30-8-9-3-1-2-4-11(9)14-15(19(26)27)17(23)24-18(25)16(14)20(28)29/h1-7H,8H2,(H,26,27)(H,28,29)(H3,23,24,25). The fourth-order valence-corrected chi connectivity index (χ4v) is 2.93. The van der Waals surface area contributed by atoms with Gasteiger partial charge in [0.25, 0.3) is 5.56 Å². The number of anilines is 1. The molecule has 2 aromatic carbocycles. The molecule has 5 N–H and O–H groups in total. The van der Waals surface area contributed by atoms with Crippen molar-refractivity contribution in [2.24, 2.45) is 0 Å². The van der Waals surface area contributed by atoms with E-state index in [-0.39, 0.29) is 29.0 Å². The lowest BCUT2D eigenvalue weighted by molar-refractivity contribution is 0.0695. The third-order valence-electron chi connectivity index (χ3n) is 4.24. The predicted octanol–water partition coefficient (Wildman–Crippen LogP) is 2.88. The summed E-state index contributed by atoms with van der Waals surface area (Å²) in [5.74, 6) is -5.89. The number of carbonyl (C=O) groups is 2. The number of hydrogen-bond acceptors (Lipinski definition) is 5. The second-order valence-corrected chi connectivity index (χ2v) is 6.12. The Bertz CT molecular complexity index is 1220. The molecule has 0 unspecified atom stereocenters. The van der Waals surface area contributed by atoms with Gasteiger partial charge in [0.2, 0.25) is 0 Å². The number of carboxylic acids is 2. The van der Waals surface area contributed by atoms with Gasteiger partial charge in [-0.15, -0.1) is 0 Å². The molecule has 0 aliphatic carbocycles. The smallest absolute Gasteiger partial charge is 0.342 e. The van der Waals surface area contributed by atoms with Crippen LogP contribution in [0.4, 0.5) is 14.6 Å². The fourth-order valence-electron chi connectivity index (χ4n) is 2.93. The predicted molar refractivity (Wildman–Crippen MR) is 102 cm³/mol. The van der Waals surface area contributed by atoms with Gasteiger partial charge in [-0.2, -0.15) is 0 Å². The van der Waals surface area contributed by atoms with Gasteiger partial charge in [0.15, 0.2) is 11.6 Å². The minimum Gasteiger partial charge on any atom is -0.489 e. The van der Waals surface area contributed by atoms with Gasteiger partial charge in [-0.1, -0.05) is 24.3 Å². The maximum atomic E-state index is 13.4. The Hall–Kier alpha value is -4.21. The Balaban J connectivity index is 2.16. The summed E-state index contributed by atoms with van der Waals surface area (Å²) in [6, 6.07) is 8.88. The third-order valence-corrected chi connectivity index (χ3v) is 4.24.